The standard InChI is InChI=1S/C19H25N3O2/c1-18(2,3)24-17(23)22-8-6-19(7-9-22)11-16(21)14-5-4-13(12-20)10-15(14)19/h4-5,10,16H,6-9,11,21H2,1-3H3. The molecule has 1 fully saturated rings. The Morgan fingerprint density at radius 3 is 2.62 bits per heavy atom. The fraction of sp³-hybridized carbons (Fsp3) is 0.579. The number of amides is 1. The molecule has 2 aliphatic rings. The van der Waals surface area contributed by atoms with Gasteiger partial charge < -0.3 is 15.4 Å². The van der Waals surface area contributed by atoms with E-state index in [4.69, 9.17) is 10.5 Å². The molecule has 1 saturated heterocycles. The highest BCUT2D eigenvalue weighted by Crippen LogP contribution is 2.50. The molecule has 128 valence electrons. The van der Waals surface area contributed by atoms with Crippen molar-refractivity contribution >= 4 is 6.09 Å². The van der Waals surface area contributed by atoms with Gasteiger partial charge in [-0.2, -0.15) is 5.26 Å². The summed E-state index contributed by atoms with van der Waals surface area (Å²) in [6.07, 6.45) is 2.37. The molecule has 1 aliphatic carbocycles. The molecule has 1 spiro atoms. The van der Waals surface area contributed by atoms with E-state index in [-0.39, 0.29) is 17.6 Å². The molecule has 2 N–H and O–H groups in total. The van der Waals surface area contributed by atoms with Crippen molar-refractivity contribution in [3.05, 3.63) is 34.9 Å². The van der Waals surface area contributed by atoms with Crippen LogP contribution in [0.4, 0.5) is 4.79 Å². The third-order valence-corrected chi connectivity index (χ3v) is 5.14. The molecular weight excluding hydrogens is 302 g/mol. The quantitative estimate of drug-likeness (QED) is 0.793. The molecule has 1 aliphatic heterocycles. The Morgan fingerprint density at radius 1 is 1.38 bits per heavy atom. The predicted molar refractivity (Wildman–Crippen MR) is 91.4 cm³/mol. The maximum atomic E-state index is 12.3. The van der Waals surface area contributed by atoms with E-state index < -0.39 is 5.60 Å². The number of fused-ring (bicyclic) bond motifs is 2. The van der Waals surface area contributed by atoms with Crippen molar-refractivity contribution in [3.63, 3.8) is 0 Å². The van der Waals surface area contributed by atoms with Crippen LogP contribution in [-0.4, -0.2) is 29.7 Å². The molecule has 0 saturated carbocycles. The Bertz CT molecular complexity index is 692. The summed E-state index contributed by atoms with van der Waals surface area (Å²) < 4.78 is 5.47. The second-order valence-corrected chi connectivity index (χ2v) is 7.97. The van der Waals surface area contributed by atoms with Crippen LogP contribution in [0.2, 0.25) is 0 Å². The maximum Gasteiger partial charge on any atom is 0.410 e. The van der Waals surface area contributed by atoms with Gasteiger partial charge in [-0.05, 0) is 63.3 Å². The van der Waals surface area contributed by atoms with Gasteiger partial charge in [-0.25, -0.2) is 4.79 Å². The van der Waals surface area contributed by atoms with E-state index in [1.165, 1.54) is 5.56 Å². The smallest absolute Gasteiger partial charge is 0.410 e. The summed E-state index contributed by atoms with van der Waals surface area (Å²) in [5.74, 6) is 0. The van der Waals surface area contributed by atoms with Gasteiger partial charge >= 0.3 is 6.09 Å². The summed E-state index contributed by atoms with van der Waals surface area (Å²) in [4.78, 5) is 14.0. The van der Waals surface area contributed by atoms with Crippen molar-refractivity contribution in [1.29, 1.82) is 5.26 Å². The number of carbonyl (C=O) groups is 1. The van der Waals surface area contributed by atoms with Crippen LogP contribution in [0.1, 0.15) is 62.8 Å². The lowest BCUT2D eigenvalue weighted by Gasteiger charge is -2.40. The number of hydrogen-bond acceptors (Lipinski definition) is 4. The normalized spacial score (nSPS) is 22.1. The van der Waals surface area contributed by atoms with Crippen molar-refractivity contribution < 1.29 is 9.53 Å². The highest BCUT2D eigenvalue weighted by Gasteiger charge is 2.45. The van der Waals surface area contributed by atoms with Crippen LogP contribution in [-0.2, 0) is 10.2 Å². The first kappa shape index (κ1) is 16.8. The van der Waals surface area contributed by atoms with E-state index >= 15 is 0 Å². The molecule has 1 unspecified atom stereocenters. The number of nitriles is 1. The van der Waals surface area contributed by atoms with Crippen LogP contribution < -0.4 is 5.73 Å². The average Bonchev–Trinajstić information content (AvgIpc) is 2.78. The third-order valence-electron chi connectivity index (χ3n) is 5.14. The number of piperidine rings is 1. The first-order valence-corrected chi connectivity index (χ1v) is 8.52. The number of hydrogen-bond donors (Lipinski definition) is 1. The second kappa shape index (κ2) is 5.78. The molecule has 5 nitrogen and oxygen atoms in total. The minimum atomic E-state index is -0.476. The van der Waals surface area contributed by atoms with Gasteiger partial charge in [-0.1, -0.05) is 6.07 Å². The maximum absolute atomic E-state index is 12.3. The van der Waals surface area contributed by atoms with Gasteiger partial charge in [0.15, 0.2) is 0 Å². The number of likely N-dealkylation sites (tertiary alicyclic amines) is 1. The Kier molecular flexibility index (Phi) is 4.05. The van der Waals surface area contributed by atoms with Crippen molar-refractivity contribution in [2.75, 3.05) is 13.1 Å². The van der Waals surface area contributed by atoms with Crippen molar-refractivity contribution in [1.82, 2.24) is 4.90 Å². The Labute approximate surface area is 143 Å². The van der Waals surface area contributed by atoms with Gasteiger partial charge in [0.1, 0.15) is 5.60 Å². The highest BCUT2D eigenvalue weighted by molar-refractivity contribution is 5.68. The summed E-state index contributed by atoms with van der Waals surface area (Å²) in [7, 11) is 0. The lowest BCUT2D eigenvalue weighted by Crippen LogP contribution is -2.46. The van der Waals surface area contributed by atoms with Gasteiger partial charge in [0.05, 0.1) is 11.6 Å². The molecule has 1 amide bonds. The first-order valence-electron chi connectivity index (χ1n) is 8.52. The minimum Gasteiger partial charge on any atom is -0.444 e. The number of rotatable bonds is 0. The zero-order chi connectivity index (χ0) is 17.5. The van der Waals surface area contributed by atoms with E-state index in [0.717, 1.165) is 24.8 Å². The summed E-state index contributed by atoms with van der Waals surface area (Å²) >= 11 is 0. The van der Waals surface area contributed by atoms with Crippen molar-refractivity contribution in [2.45, 2.75) is 57.1 Å². The molecular formula is C19H25N3O2. The van der Waals surface area contributed by atoms with E-state index in [9.17, 15) is 10.1 Å². The molecule has 0 aromatic heterocycles. The summed E-state index contributed by atoms with van der Waals surface area (Å²) in [6, 6.07) is 8.06. The SMILES string of the molecule is CC(C)(C)OC(=O)N1CCC2(CC1)CC(N)c1ccc(C#N)cc12. The van der Waals surface area contributed by atoms with Crippen LogP contribution in [0.15, 0.2) is 18.2 Å². The highest BCUT2D eigenvalue weighted by atomic mass is 16.6. The van der Waals surface area contributed by atoms with Crippen LogP contribution >= 0.6 is 0 Å². The molecule has 1 heterocycles. The zero-order valence-electron chi connectivity index (χ0n) is 14.6. The third kappa shape index (κ3) is 2.99. The molecule has 1 aromatic rings. The van der Waals surface area contributed by atoms with Gasteiger partial charge in [0, 0.05) is 24.5 Å². The summed E-state index contributed by atoms with van der Waals surface area (Å²) in [6.45, 7) is 6.97. The predicted octanol–water partition coefficient (Wildman–Crippen LogP) is 3.23. The fourth-order valence-electron chi connectivity index (χ4n) is 3.97. The molecule has 5 heteroatoms. The number of carbonyl (C=O) groups excluding carboxylic acids is 1. The average molecular weight is 327 g/mol. The Hall–Kier alpha value is -2.06. The minimum absolute atomic E-state index is 0.0138. The largest absolute Gasteiger partial charge is 0.444 e. The lowest BCUT2D eigenvalue weighted by molar-refractivity contribution is 0.0162. The monoisotopic (exact) mass is 327 g/mol. The molecule has 3 rings (SSSR count). The fourth-order valence-corrected chi connectivity index (χ4v) is 3.97. The van der Waals surface area contributed by atoms with Crippen LogP contribution in [0.25, 0.3) is 0 Å². The van der Waals surface area contributed by atoms with E-state index in [0.29, 0.717) is 18.7 Å². The lowest BCUT2D eigenvalue weighted by atomic mass is 9.73. The molecule has 0 bridgehead atoms. The Morgan fingerprint density at radius 2 is 2.04 bits per heavy atom. The second-order valence-electron chi connectivity index (χ2n) is 7.97. The number of benzene rings is 1. The zero-order valence-corrected chi connectivity index (χ0v) is 14.6. The molecule has 1 aromatic carbocycles. The van der Waals surface area contributed by atoms with Crippen LogP contribution in [0.5, 0.6) is 0 Å². The van der Waals surface area contributed by atoms with E-state index in [2.05, 4.69) is 6.07 Å². The molecule has 0 radical (unpaired) electrons. The molecule has 24 heavy (non-hydrogen) atoms. The van der Waals surface area contributed by atoms with Gasteiger partial charge in [0.25, 0.3) is 0 Å². The summed E-state index contributed by atoms with van der Waals surface area (Å²) in [5, 5.41) is 9.19. The van der Waals surface area contributed by atoms with Crippen LogP contribution in [0, 0.1) is 11.3 Å². The van der Waals surface area contributed by atoms with Gasteiger partial charge in [-0.3, -0.25) is 0 Å². The number of ether oxygens (including phenoxy) is 1. The van der Waals surface area contributed by atoms with Gasteiger partial charge in [0.2, 0.25) is 0 Å². The van der Waals surface area contributed by atoms with Crippen molar-refractivity contribution in [3.8, 4) is 6.07 Å². The van der Waals surface area contributed by atoms with E-state index in [1.54, 1.807) is 4.90 Å². The van der Waals surface area contributed by atoms with Gasteiger partial charge in [-0.15, -0.1) is 0 Å². The number of nitrogens with zero attached hydrogens (tertiary/aromatic N) is 2. The molecule has 1 atom stereocenters. The van der Waals surface area contributed by atoms with Crippen LogP contribution in [0.3, 0.4) is 0 Å². The summed E-state index contributed by atoms with van der Waals surface area (Å²) in [5.41, 5.74) is 8.88. The van der Waals surface area contributed by atoms with E-state index in [1.807, 2.05) is 39.0 Å². The first-order chi connectivity index (χ1) is 11.2. The number of nitrogens with two attached hydrogens (primary N) is 1. The topological polar surface area (TPSA) is 79.3 Å². The Balaban J connectivity index is 1.78. The van der Waals surface area contributed by atoms with Crippen molar-refractivity contribution in [2.24, 2.45) is 5.73 Å².